The molecule has 11 heteroatoms. The van der Waals surface area contributed by atoms with Crippen LogP contribution in [0.3, 0.4) is 0 Å². The van der Waals surface area contributed by atoms with Gasteiger partial charge in [0.1, 0.15) is 12.4 Å². The molecule has 1 aliphatic heterocycles. The van der Waals surface area contributed by atoms with Gasteiger partial charge in [-0.1, -0.05) is 18.2 Å². The number of hydrogen-bond donors (Lipinski definition) is 0. The Morgan fingerprint density at radius 3 is 2.46 bits per heavy atom. The number of ether oxygens (including phenoxy) is 4. The predicted molar refractivity (Wildman–Crippen MR) is 141 cm³/mol. The van der Waals surface area contributed by atoms with Gasteiger partial charge in [-0.25, -0.2) is 18.6 Å². The molecule has 0 N–H and O–H groups in total. The Labute approximate surface area is 226 Å². The SMILES string of the molecule is CCOc1cc(F)c(N(c2ccccc2)c2ncnc(OC3CCN(C(=O)OC(C)C)CC3)c2OC)cc1F. The molecule has 0 atom stereocenters. The minimum Gasteiger partial charge on any atom is -0.491 e. The van der Waals surface area contributed by atoms with Gasteiger partial charge in [0, 0.05) is 43.8 Å². The number of benzene rings is 2. The number of anilines is 3. The number of para-hydroxylation sites is 1. The number of methoxy groups -OCH3 is 1. The average Bonchev–Trinajstić information content (AvgIpc) is 2.92. The van der Waals surface area contributed by atoms with Crippen LogP contribution in [-0.4, -0.2) is 60.0 Å². The fourth-order valence-electron chi connectivity index (χ4n) is 4.27. The summed E-state index contributed by atoms with van der Waals surface area (Å²) in [7, 11) is 1.43. The lowest BCUT2D eigenvalue weighted by atomic mass is 10.1. The second-order valence-corrected chi connectivity index (χ2v) is 9.11. The molecule has 0 bridgehead atoms. The molecule has 1 fully saturated rings. The van der Waals surface area contributed by atoms with Gasteiger partial charge in [0.2, 0.25) is 5.75 Å². The van der Waals surface area contributed by atoms with E-state index in [4.69, 9.17) is 18.9 Å². The van der Waals surface area contributed by atoms with Crippen molar-refractivity contribution in [3.8, 4) is 17.4 Å². The monoisotopic (exact) mass is 542 g/mol. The number of amides is 1. The van der Waals surface area contributed by atoms with E-state index in [1.54, 1.807) is 49.9 Å². The molecular formula is C28H32F2N4O5. The maximum atomic E-state index is 15.4. The average molecular weight is 543 g/mol. The number of likely N-dealkylation sites (tertiary alicyclic amines) is 1. The van der Waals surface area contributed by atoms with Crippen molar-refractivity contribution in [2.24, 2.45) is 0 Å². The molecule has 1 aliphatic rings. The van der Waals surface area contributed by atoms with E-state index in [9.17, 15) is 9.18 Å². The van der Waals surface area contributed by atoms with Crippen molar-refractivity contribution in [2.75, 3.05) is 31.7 Å². The van der Waals surface area contributed by atoms with Crippen LogP contribution in [0.2, 0.25) is 0 Å². The highest BCUT2D eigenvalue weighted by Crippen LogP contribution is 2.44. The molecule has 208 valence electrons. The van der Waals surface area contributed by atoms with Crippen molar-refractivity contribution in [3.63, 3.8) is 0 Å². The Balaban J connectivity index is 1.66. The summed E-state index contributed by atoms with van der Waals surface area (Å²) < 4.78 is 52.7. The van der Waals surface area contributed by atoms with Crippen LogP contribution in [0.15, 0.2) is 48.8 Å². The standard InChI is InChI=1S/C28H32F2N4O5/c1-5-37-24-16-21(29)23(15-22(24)30)34(19-9-7-6-8-10-19)26-25(36-4)27(32-17-31-26)39-20-11-13-33(14-12-20)28(35)38-18(2)3/h6-10,15-18,20H,5,11-14H2,1-4H3. The van der Waals surface area contributed by atoms with Gasteiger partial charge in [0.25, 0.3) is 5.88 Å². The Morgan fingerprint density at radius 2 is 1.82 bits per heavy atom. The highest BCUT2D eigenvalue weighted by atomic mass is 19.1. The van der Waals surface area contributed by atoms with Gasteiger partial charge in [-0.15, -0.1) is 0 Å². The second kappa shape index (κ2) is 12.6. The molecule has 2 aromatic carbocycles. The van der Waals surface area contributed by atoms with Crippen LogP contribution < -0.4 is 19.1 Å². The summed E-state index contributed by atoms with van der Waals surface area (Å²) in [6.07, 6.45) is 1.58. The van der Waals surface area contributed by atoms with Crippen molar-refractivity contribution < 1.29 is 32.5 Å². The van der Waals surface area contributed by atoms with Crippen LogP contribution in [-0.2, 0) is 4.74 Å². The van der Waals surface area contributed by atoms with Crippen LogP contribution in [0.4, 0.5) is 30.8 Å². The molecule has 1 aromatic heterocycles. The molecule has 39 heavy (non-hydrogen) atoms. The summed E-state index contributed by atoms with van der Waals surface area (Å²) in [5, 5.41) is 0. The van der Waals surface area contributed by atoms with Crippen LogP contribution in [0.5, 0.6) is 17.4 Å². The van der Waals surface area contributed by atoms with Crippen LogP contribution >= 0.6 is 0 Å². The normalized spacial score (nSPS) is 13.8. The van der Waals surface area contributed by atoms with E-state index < -0.39 is 11.6 Å². The maximum Gasteiger partial charge on any atom is 0.410 e. The minimum atomic E-state index is -0.721. The van der Waals surface area contributed by atoms with E-state index in [0.29, 0.717) is 31.6 Å². The van der Waals surface area contributed by atoms with Crippen LogP contribution in [0.25, 0.3) is 0 Å². The largest absolute Gasteiger partial charge is 0.491 e. The quantitative estimate of drug-likeness (QED) is 0.325. The van der Waals surface area contributed by atoms with E-state index in [2.05, 4.69) is 9.97 Å². The van der Waals surface area contributed by atoms with Gasteiger partial charge in [-0.3, -0.25) is 4.90 Å². The van der Waals surface area contributed by atoms with Gasteiger partial charge in [0.15, 0.2) is 23.2 Å². The van der Waals surface area contributed by atoms with Crippen molar-refractivity contribution in [3.05, 3.63) is 60.4 Å². The van der Waals surface area contributed by atoms with Gasteiger partial charge >= 0.3 is 6.09 Å². The number of rotatable bonds is 9. The van der Waals surface area contributed by atoms with E-state index in [1.165, 1.54) is 18.3 Å². The van der Waals surface area contributed by atoms with E-state index >= 15 is 4.39 Å². The van der Waals surface area contributed by atoms with E-state index in [-0.39, 0.29) is 53.8 Å². The molecule has 1 saturated heterocycles. The van der Waals surface area contributed by atoms with E-state index in [1.807, 2.05) is 6.07 Å². The van der Waals surface area contributed by atoms with Gasteiger partial charge in [0.05, 0.1) is 25.5 Å². The first kappa shape index (κ1) is 27.9. The van der Waals surface area contributed by atoms with Crippen molar-refractivity contribution >= 4 is 23.3 Å². The molecule has 0 spiro atoms. The zero-order chi connectivity index (χ0) is 27.9. The highest BCUT2D eigenvalue weighted by Gasteiger charge is 2.30. The van der Waals surface area contributed by atoms with Gasteiger partial charge < -0.3 is 23.8 Å². The zero-order valence-corrected chi connectivity index (χ0v) is 22.4. The van der Waals surface area contributed by atoms with Crippen molar-refractivity contribution in [1.82, 2.24) is 14.9 Å². The summed E-state index contributed by atoms with van der Waals surface area (Å²) in [6.45, 7) is 6.41. The lowest BCUT2D eigenvalue weighted by Crippen LogP contribution is -2.42. The summed E-state index contributed by atoms with van der Waals surface area (Å²) in [4.78, 5) is 23.9. The first-order valence-electron chi connectivity index (χ1n) is 12.8. The van der Waals surface area contributed by atoms with Gasteiger partial charge in [-0.2, -0.15) is 4.98 Å². The molecule has 0 unspecified atom stereocenters. The lowest BCUT2D eigenvalue weighted by molar-refractivity contribution is 0.0500. The molecule has 3 aromatic rings. The number of carbonyl (C=O) groups is 1. The molecule has 2 heterocycles. The lowest BCUT2D eigenvalue weighted by Gasteiger charge is -2.32. The zero-order valence-electron chi connectivity index (χ0n) is 22.4. The smallest absolute Gasteiger partial charge is 0.410 e. The molecule has 0 saturated carbocycles. The Morgan fingerprint density at radius 1 is 1.10 bits per heavy atom. The summed E-state index contributed by atoms with van der Waals surface area (Å²) >= 11 is 0. The molecular weight excluding hydrogens is 510 g/mol. The first-order valence-corrected chi connectivity index (χ1v) is 12.8. The number of nitrogens with zero attached hydrogens (tertiary/aromatic N) is 4. The highest BCUT2D eigenvalue weighted by molar-refractivity contribution is 5.79. The Hall–Kier alpha value is -4.15. The van der Waals surface area contributed by atoms with E-state index in [0.717, 1.165) is 12.1 Å². The summed E-state index contributed by atoms with van der Waals surface area (Å²) in [5.41, 5.74) is 0.418. The molecule has 9 nitrogen and oxygen atoms in total. The fraction of sp³-hybridized carbons (Fsp3) is 0.393. The van der Waals surface area contributed by atoms with Gasteiger partial charge in [-0.05, 0) is 32.9 Å². The number of halogens is 2. The third-order valence-electron chi connectivity index (χ3n) is 6.04. The number of carbonyl (C=O) groups excluding carboxylic acids is 1. The second-order valence-electron chi connectivity index (χ2n) is 9.11. The maximum absolute atomic E-state index is 15.4. The van der Waals surface area contributed by atoms with Crippen molar-refractivity contribution in [2.45, 2.75) is 45.8 Å². The first-order chi connectivity index (χ1) is 18.8. The Kier molecular flexibility index (Phi) is 9.00. The Bertz CT molecular complexity index is 1270. The molecule has 0 aliphatic carbocycles. The molecule has 0 radical (unpaired) electrons. The number of aromatic nitrogens is 2. The topological polar surface area (TPSA) is 86.3 Å². The number of piperidine rings is 1. The molecule has 1 amide bonds. The third kappa shape index (κ3) is 6.47. The molecule has 4 rings (SSSR count). The summed E-state index contributed by atoms with van der Waals surface area (Å²) in [5.74, 6) is -1.16. The van der Waals surface area contributed by atoms with Crippen LogP contribution in [0.1, 0.15) is 33.6 Å². The van der Waals surface area contributed by atoms with Crippen molar-refractivity contribution in [1.29, 1.82) is 0 Å². The minimum absolute atomic E-state index is 0.0953. The predicted octanol–water partition coefficient (Wildman–Crippen LogP) is 6.02. The summed E-state index contributed by atoms with van der Waals surface area (Å²) in [6, 6.07) is 10.9. The van der Waals surface area contributed by atoms with Crippen LogP contribution in [0, 0.1) is 11.6 Å². The fourth-order valence-corrected chi connectivity index (χ4v) is 4.27. The third-order valence-corrected chi connectivity index (χ3v) is 6.04. The number of hydrogen-bond acceptors (Lipinski definition) is 8.